The molecule has 0 radical (unpaired) electrons. The summed E-state index contributed by atoms with van der Waals surface area (Å²) < 4.78 is 32.2. The maximum atomic E-state index is 13.1. The minimum Gasteiger partial charge on any atom is -0.477 e. The summed E-state index contributed by atoms with van der Waals surface area (Å²) in [6, 6.07) is 5.47. The van der Waals surface area contributed by atoms with E-state index in [4.69, 9.17) is 4.74 Å². The van der Waals surface area contributed by atoms with E-state index in [-0.39, 0.29) is 10.8 Å². The number of hydrogen-bond acceptors (Lipinski definition) is 9. The van der Waals surface area contributed by atoms with E-state index in [1.54, 1.807) is 30.5 Å². The molecule has 0 bridgehead atoms. The summed E-state index contributed by atoms with van der Waals surface area (Å²) in [5.41, 5.74) is 1.86. The van der Waals surface area contributed by atoms with E-state index >= 15 is 0 Å². The number of rotatable bonds is 10. The van der Waals surface area contributed by atoms with Crippen molar-refractivity contribution in [1.29, 1.82) is 0 Å². The van der Waals surface area contributed by atoms with E-state index in [1.807, 2.05) is 6.92 Å². The van der Waals surface area contributed by atoms with Gasteiger partial charge in [0.25, 0.3) is 5.91 Å². The lowest BCUT2D eigenvalue weighted by Gasteiger charge is -2.23. The van der Waals surface area contributed by atoms with Gasteiger partial charge in [-0.2, -0.15) is 0 Å². The van der Waals surface area contributed by atoms with Crippen LogP contribution in [0.2, 0.25) is 0 Å². The van der Waals surface area contributed by atoms with Gasteiger partial charge in [-0.25, -0.2) is 23.2 Å². The number of carboxylic acid groups (broad SMARTS) is 1. The number of likely N-dealkylation sites (N-methyl/N-ethyl adjacent to an activating group) is 1. The summed E-state index contributed by atoms with van der Waals surface area (Å²) in [6.45, 7) is 2.31. The van der Waals surface area contributed by atoms with Crippen LogP contribution in [-0.4, -0.2) is 64.3 Å². The first kappa shape index (κ1) is 25.3. The zero-order valence-corrected chi connectivity index (χ0v) is 21.0. The molecule has 2 amide bonds. The highest BCUT2D eigenvalue weighted by molar-refractivity contribution is 7.93. The van der Waals surface area contributed by atoms with Crippen LogP contribution in [0, 0.1) is 0 Å². The Hall–Kier alpha value is -3.78. The minimum atomic E-state index is -3.54. The number of thiazole rings is 1. The van der Waals surface area contributed by atoms with Gasteiger partial charge in [-0.15, -0.1) is 11.3 Å². The summed E-state index contributed by atoms with van der Waals surface area (Å²) in [5.74, 6) is -0.248. The molecule has 1 aromatic carbocycles. The second-order valence-electron chi connectivity index (χ2n) is 7.96. The molecule has 2 heterocycles. The SMILES string of the molecule is CCOc1cncc(-c2ccc(NC(=O)C(c3csc(NS(=O)(=O)C4CC4)n3)N(C)C(=O)O)cc2)n1. The monoisotopic (exact) mass is 532 g/mol. The van der Waals surface area contributed by atoms with Gasteiger partial charge in [0.1, 0.15) is 0 Å². The van der Waals surface area contributed by atoms with Gasteiger partial charge in [0.15, 0.2) is 11.2 Å². The van der Waals surface area contributed by atoms with Crippen LogP contribution in [0.15, 0.2) is 42.0 Å². The molecule has 2 aromatic heterocycles. The number of amides is 2. The van der Waals surface area contributed by atoms with Crippen LogP contribution in [0.25, 0.3) is 11.3 Å². The number of anilines is 2. The molecule has 1 saturated carbocycles. The van der Waals surface area contributed by atoms with Crippen LogP contribution in [-0.2, 0) is 14.8 Å². The number of ether oxygens (including phenoxy) is 1. The normalized spacial score (nSPS) is 14.1. The third-order valence-electron chi connectivity index (χ3n) is 5.29. The number of nitrogens with zero attached hydrogens (tertiary/aromatic N) is 4. The standard InChI is InChI=1S/C22H24N6O6S2/c1-3-34-18-11-23-10-16(25-18)13-4-6-14(7-5-13)24-20(29)19(28(2)22(30)31)17-12-35-21(26-17)27-36(32,33)15-8-9-15/h4-7,10-12,15,19H,3,8-9H2,1-2H3,(H,24,29)(H,26,27)(H,30,31). The van der Waals surface area contributed by atoms with Crippen LogP contribution in [0.3, 0.4) is 0 Å². The predicted molar refractivity (Wildman–Crippen MR) is 133 cm³/mol. The van der Waals surface area contributed by atoms with Crippen molar-refractivity contribution in [3.63, 3.8) is 0 Å². The smallest absolute Gasteiger partial charge is 0.408 e. The van der Waals surface area contributed by atoms with Crippen molar-refractivity contribution in [2.75, 3.05) is 23.7 Å². The molecule has 3 aromatic rings. The molecule has 1 atom stereocenters. The van der Waals surface area contributed by atoms with Crippen molar-refractivity contribution in [1.82, 2.24) is 19.9 Å². The highest BCUT2D eigenvalue weighted by Gasteiger charge is 2.37. The summed E-state index contributed by atoms with van der Waals surface area (Å²) in [4.78, 5) is 38.3. The average molecular weight is 533 g/mol. The van der Waals surface area contributed by atoms with E-state index in [0.29, 0.717) is 36.7 Å². The van der Waals surface area contributed by atoms with Crippen LogP contribution >= 0.6 is 11.3 Å². The molecule has 1 fully saturated rings. The molecular formula is C22H24N6O6S2. The molecule has 36 heavy (non-hydrogen) atoms. The van der Waals surface area contributed by atoms with Gasteiger partial charge in [0.2, 0.25) is 15.9 Å². The maximum Gasteiger partial charge on any atom is 0.408 e. The Bertz CT molecular complexity index is 1360. The first-order chi connectivity index (χ1) is 17.2. The highest BCUT2D eigenvalue weighted by Crippen LogP contribution is 2.32. The number of hydrogen-bond donors (Lipinski definition) is 3. The molecule has 1 aliphatic carbocycles. The number of carbonyl (C=O) groups excluding carboxylic acids is 1. The Morgan fingerprint density at radius 3 is 2.58 bits per heavy atom. The number of benzene rings is 1. The van der Waals surface area contributed by atoms with Crippen molar-refractivity contribution in [3.8, 4) is 17.1 Å². The fraction of sp³-hybridized carbons (Fsp3) is 0.318. The third kappa shape index (κ3) is 5.88. The molecule has 4 rings (SSSR count). The molecule has 0 aliphatic heterocycles. The molecule has 190 valence electrons. The lowest BCUT2D eigenvalue weighted by molar-refractivity contribution is -0.120. The Morgan fingerprint density at radius 1 is 1.22 bits per heavy atom. The summed E-state index contributed by atoms with van der Waals surface area (Å²) >= 11 is 0.983. The quantitative estimate of drug-likeness (QED) is 0.356. The first-order valence-electron chi connectivity index (χ1n) is 11.0. The Labute approximate surface area is 211 Å². The Morgan fingerprint density at radius 2 is 1.94 bits per heavy atom. The van der Waals surface area contributed by atoms with Crippen LogP contribution in [0.5, 0.6) is 5.88 Å². The lowest BCUT2D eigenvalue weighted by Crippen LogP contribution is -2.38. The molecule has 14 heteroatoms. The van der Waals surface area contributed by atoms with Crippen LogP contribution in [0.1, 0.15) is 31.5 Å². The minimum absolute atomic E-state index is 0.0771. The van der Waals surface area contributed by atoms with E-state index in [9.17, 15) is 23.1 Å². The van der Waals surface area contributed by atoms with Crippen LogP contribution < -0.4 is 14.8 Å². The maximum absolute atomic E-state index is 13.1. The van der Waals surface area contributed by atoms with Gasteiger partial charge in [-0.1, -0.05) is 12.1 Å². The Kier molecular flexibility index (Phi) is 7.35. The predicted octanol–water partition coefficient (Wildman–Crippen LogP) is 3.19. The highest BCUT2D eigenvalue weighted by atomic mass is 32.2. The van der Waals surface area contributed by atoms with Gasteiger partial charge in [0, 0.05) is 23.7 Å². The molecule has 0 spiro atoms. The topological polar surface area (TPSA) is 164 Å². The third-order valence-corrected chi connectivity index (χ3v) is 8.02. The zero-order valence-electron chi connectivity index (χ0n) is 19.4. The first-order valence-corrected chi connectivity index (χ1v) is 13.4. The second kappa shape index (κ2) is 10.5. The van der Waals surface area contributed by atoms with E-state index < -0.39 is 33.3 Å². The molecule has 12 nitrogen and oxygen atoms in total. The summed E-state index contributed by atoms with van der Waals surface area (Å²) in [7, 11) is -2.30. The van der Waals surface area contributed by atoms with Gasteiger partial charge in [-0.05, 0) is 31.9 Å². The molecular weight excluding hydrogens is 508 g/mol. The van der Waals surface area contributed by atoms with Gasteiger partial charge in [-0.3, -0.25) is 19.4 Å². The number of nitrogens with one attached hydrogen (secondary N) is 2. The lowest BCUT2D eigenvalue weighted by atomic mass is 10.1. The number of carbonyl (C=O) groups is 2. The number of aromatic nitrogens is 3. The Balaban J connectivity index is 1.51. The zero-order chi connectivity index (χ0) is 25.9. The van der Waals surface area contributed by atoms with Crippen molar-refractivity contribution < 1.29 is 27.9 Å². The van der Waals surface area contributed by atoms with Crippen molar-refractivity contribution in [2.24, 2.45) is 0 Å². The molecule has 1 aliphatic rings. The van der Waals surface area contributed by atoms with E-state index in [0.717, 1.165) is 21.8 Å². The summed E-state index contributed by atoms with van der Waals surface area (Å²) in [6.07, 6.45) is 2.94. The van der Waals surface area contributed by atoms with Crippen molar-refractivity contribution in [2.45, 2.75) is 31.1 Å². The van der Waals surface area contributed by atoms with Gasteiger partial charge in [0.05, 0.1) is 35.6 Å². The molecule has 1 unspecified atom stereocenters. The number of sulfonamides is 1. The van der Waals surface area contributed by atoms with Crippen LogP contribution in [0.4, 0.5) is 15.6 Å². The van der Waals surface area contributed by atoms with E-state index in [2.05, 4.69) is 25.0 Å². The fourth-order valence-electron chi connectivity index (χ4n) is 3.30. The largest absolute Gasteiger partial charge is 0.477 e. The van der Waals surface area contributed by atoms with E-state index in [1.165, 1.54) is 18.6 Å². The fourth-order valence-corrected chi connectivity index (χ4v) is 5.63. The van der Waals surface area contributed by atoms with Crippen molar-refractivity contribution >= 4 is 44.2 Å². The van der Waals surface area contributed by atoms with Gasteiger partial charge < -0.3 is 15.2 Å². The molecule has 3 N–H and O–H groups in total. The van der Waals surface area contributed by atoms with Crippen molar-refractivity contribution in [3.05, 3.63) is 47.7 Å². The average Bonchev–Trinajstić information content (AvgIpc) is 3.62. The van der Waals surface area contributed by atoms with Gasteiger partial charge >= 0.3 is 6.09 Å². The summed E-state index contributed by atoms with van der Waals surface area (Å²) in [5, 5.41) is 13.3. The second-order valence-corrected chi connectivity index (χ2v) is 10.8. The molecule has 0 saturated heterocycles.